The van der Waals surface area contributed by atoms with Crippen LogP contribution in [0.4, 0.5) is 0 Å². The number of benzene rings is 2. The van der Waals surface area contributed by atoms with Crippen LogP contribution in [0.5, 0.6) is 0 Å². The van der Waals surface area contributed by atoms with Crippen molar-refractivity contribution in [2.45, 2.75) is 18.8 Å². The Morgan fingerprint density at radius 1 is 0.769 bits per heavy atom. The summed E-state index contributed by atoms with van der Waals surface area (Å²) >= 11 is 0. The smallest absolute Gasteiger partial charge is 0.338 e. The first kappa shape index (κ1) is 19.3. The van der Waals surface area contributed by atoms with Crippen molar-refractivity contribution in [3.05, 3.63) is 71.8 Å². The Bertz CT molecular complexity index is 743. The number of hydrogen-bond acceptors (Lipinski definition) is 7. The largest absolute Gasteiger partial charge is 0.459 e. The van der Waals surface area contributed by atoms with Crippen LogP contribution < -0.4 is 0 Å². The number of hydrogen-bond donors (Lipinski definition) is 2. The van der Waals surface area contributed by atoms with Gasteiger partial charge in [0.05, 0.1) is 0 Å². The number of esters is 2. The van der Waals surface area contributed by atoms with Crippen molar-refractivity contribution >= 4 is 17.7 Å². The van der Waals surface area contributed by atoms with Crippen molar-refractivity contribution in [3.63, 3.8) is 0 Å². The Hall–Kier alpha value is -3.03. The molecule has 2 unspecified atom stereocenters. The second kappa shape index (κ2) is 9.45. The Balaban J connectivity index is 1.80. The molecular formula is C19H18O7. The van der Waals surface area contributed by atoms with Crippen LogP contribution in [0.1, 0.15) is 15.9 Å². The van der Waals surface area contributed by atoms with E-state index in [2.05, 4.69) is 4.74 Å². The van der Waals surface area contributed by atoms with Crippen LogP contribution in [-0.4, -0.2) is 46.7 Å². The van der Waals surface area contributed by atoms with Gasteiger partial charge in [-0.15, -0.1) is 0 Å². The van der Waals surface area contributed by atoms with E-state index in [1.807, 2.05) is 0 Å². The monoisotopic (exact) mass is 358 g/mol. The highest BCUT2D eigenvalue weighted by molar-refractivity contribution is 5.98. The van der Waals surface area contributed by atoms with Crippen LogP contribution in [-0.2, 0) is 25.7 Å². The Morgan fingerprint density at radius 2 is 1.27 bits per heavy atom. The third-order valence-corrected chi connectivity index (χ3v) is 3.45. The number of carbonyl (C=O) groups is 3. The molecule has 0 saturated heterocycles. The molecule has 0 aliphatic carbocycles. The Kier molecular flexibility index (Phi) is 7.02. The molecule has 0 spiro atoms. The first-order valence-electron chi connectivity index (χ1n) is 7.80. The number of aliphatic hydroxyl groups excluding tert-OH is 2. The van der Waals surface area contributed by atoms with Gasteiger partial charge in [-0.25, -0.2) is 9.59 Å². The molecule has 0 radical (unpaired) electrons. The highest BCUT2D eigenvalue weighted by Gasteiger charge is 2.33. The fraction of sp³-hybridized carbons (Fsp3) is 0.211. The molecule has 2 aromatic rings. The van der Waals surface area contributed by atoms with E-state index >= 15 is 0 Å². The van der Waals surface area contributed by atoms with Gasteiger partial charge in [-0.2, -0.15) is 0 Å². The molecule has 0 aromatic heterocycles. The maximum Gasteiger partial charge on any atom is 0.338 e. The van der Waals surface area contributed by atoms with Crippen LogP contribution in [0.25, 0.3) is 0 Å². The fourth-order valence-corrected chi connectivity index (χ4v) is 2.00. The molecular weight excluding hydrogens is 340 g/mol. The van der Waals surface area contributed by atoms with Crippen LogP contribution in [0.2, 0.25) is 0 Å². The quantitative estimate of drug-likeness (QED) is 0.532. The zero-order valence-electron chi connectivity index (χ0n) is 13.8. The van der Waals surface area contributed by atoms with Gasteiger partial charge in [0.25, 0.3) is 0 Å². The zero-order chi connectivity index (χ0) is 18.9. The predicted octanol–water partition coefficient (Wildman–Crippen LogP) is 0.878. The molecule has 7 heteroatoms. The van der Waals surface area contributed by atoms with Crippen molar-refractivity contribution in [2.24, 2.45) is 0 Å². The lowest BCUT2D eigenvalue weighted by molar-refractivity contribution is -0.173. The number of ketones is 1. The molecule has 0 bridgehead atoms. The molecule has 2 atom stereocenters. The maximum atomic E-state index is 11.8. The first-order valence-corrected chi connectivity index (χ1v) is 7.80. The predicted molar refractivity (Wildman–Crippen MR) is 90.0 cm³/mol. The van der Waals surface area contributed by atoms with Crippen LogP contribution >= 0.6 is 0 Å². The minimum atomic E-state index is -2.15. The second-order valence-corrected chi connectivity index (χ2v) is 5.38. The molecule has 0 aliphatic rings. The molecule has 0 amide bonds. The van der Waals surface area contributed by atoms with Gasteiger partial charge in [-0.1, -0.05) is 60.7 Å². The van der Waals surface area contributed by atoms with E-state index in [0.29, 0.717) is 11.1 Å². The van der Waals surface area contributed by atoms with Gasteiger partial charge in [-0.3, -0.25) is 4.79 Å². The van der Waals surface area contributed by atoms with Gasteiger partial charge in [0.15, 0.2) is 24.6 Å². The SMILES string of the molecule is O=C(COC(=O)C(O)C(O)C(=O)OCc1ccccc1)c1ccccc1. The molecule has 0 fully saturated rings. The van der Waals surface area contributed by atoms with Gasteiger partial charge >= 0.3 is 11.9 Å². The molecule has 26 heavy (non-hydrogen) atoms. The summed E-state index contributed by atoms with van der Waals surface area (Å²) in [6, 6.07) is 16.8. The zero-order valence-corrected chi connectivity index (χ0v) is 13.8. The van der Waals surface area contributed by atoms with E-state index < -0.39 is 36.5 Å². The van der Waals surface area contributed by atoms with Crippen molar-refractivity contribution in [1.29, 1.82) is 0 Å². The van der Waals surface area contributed by atoms with Crippen molar-refractivity contribution in [3.8, 4) is 0 Å². The van der Waals surface area contributed by atoms with E-state index in [0.717, 1.165) is 0 Å². The van der Waals surface area contributed by atoms with Crippen molar-refractivity contribution in [1.82, 2.24) is 0 Å². The summed E-state index contributed by atoms with van der Waals surface area (Å²) in [6.07, 6.45) is -4.26. The van der Waals surface area contributed by atoms with Crippen molar-refractivity contribution in [2.75, 3.05) is 6.61 Å². The molecule has 2 aromatic carbocycles. The maximum absolute atomic E-state index is 11.8. The summed E-state index contributed by atoms with van der Waals surface area (Å²) in [5.41, 5.74) is 1.01. The van der Waals surface area contributed by atoms with Gasteiger partial charge in [0, 0.05) is 5.56 Å². The van der Waals surface area contributed by atoms with E-state index in [1.165, 1.54) is 0 Å². The summed E-state index contributed by atoms with van der Waals surface area (Å²) in [5.74, 6) is -2.95. The molecule has 0 heterocycles. The highest BCUT2D eigenvalue weighted by Crippen LogP contribution is 2.06. The standard InChI is InChI=1S/C19H18O7/c20-15(14-9-5-2-6-10-14)12-26-19(24)17(22)16(21)18(23)25-11-13-7-3-1-4-8-13/h1-10,16-17,21-22H,11-12H2. The van der Waals surface area contributed by atoms with Crippen LogP contribution in [0.15, 0.2) is 60.7 Å². The summed E-state index contributed by atoms with van der Waals surface area (Å²) in [5, 5.41) is 19.4. The van der Waals surface area contributed by atoms with Crippen molar-refractivity contribution < 1.29 is 34.1 Å². The number of Topliss-reactive ketones (excluding diaryl/α,β-unsaturated/α-hetero) is 1. The minimum Gasteiger partial charge on any atom is -0.459 e. The molecule has 0 aliphatic heterocycles. The molecule has 0 saturated carbocycles. The van der Waals surface area contributed by atoms with E-state index in [-0.39, 0.29) is 6.61 Å². The lowest BCUT2D eigenvalue weighted by Gasteiger charge is -2.15. The number of rotatable bonds is 8. The highest BCUT2D eigenvalue weighted by atomic mass is 16.6. The normalized spacial score (nSPS) is 12.7. The number of carbonyl (C=O) groups excluding carboxylic acids is 3. The van der Waals surface area contributed by atoms with Gasteiger partial charge in [-0.05, 0) is 5.56 Å². The average Bonchev–Trinajstić information content (AvgIpc) is 2.70. The number of aliphatic hydroxyl groups is 2. The summed E-state index contributed by atoms with van der Waals surface area (Å²) in [6.45, 7) is -0.739. The van der Waals surface area contributed by atoms with Gasteiger partial charge in [0.1, 0.15) is 6.61 Å². The second-order valence-electron chi connectivity index (χ2n) is 5.38. The summed E-state index contributed by atoms with van der Waals surface area (Å²) in [4.78, 5) is 35.2. The number of ether oxygens (including phenoxy) is 2. The Labute approximate surface area is 149 Å². The minimum absolute atomic E-state index is 0.120. The molecule has 2 rings (SSSR count). The van der Waals surface area contributed by atoms with Crippen LogP contribution in [0, 0.1) is 0 Å². The lowest BCUT2D eigenvalue weighted by Crippen LogP contribution is -2.42. The third kappa shape index (κ3) is 5.51. The van der Waals surface area contributed by atoms with E-state index in [9.17, 15) is 24.6 Å². The fourth-order valence-electron chi connectivity index (χ4n) is 2.00. The van der Waals surface area contributed by atoms with E-state index in [4.69, 9.17) is 4.74 Å². The van der Waals surface area contributed by atoms with Gasteiger partial charge in [0.2, 0.25) is 0 Å². The summed E-state index contributed by atoms with van der Waals surface area (Å²) < 4.78 is 9.48. The average molecular weight is 358 g/mol. The molecule has 2 N–H and O–H groups in total. The Morgan fingerprint density at radius 3 is 1.85 bits per heavy atom. The molecule has 7 nitrogen and oxygen atoms in total. The first-order chi connectivity index (χ1) is 12.5. The van der Waals surface area contributed by atoms with Gasteiger partial charge < -0.3 is 19.7 Å². The summed E-state index contributed by atoms with van der Waals surface area (Å²) in [7, 11) is 0. The van der Waals surface area contributed by atoms with Crippen LogP contribution in [0.3, 0.4) is 0 Å². The molecule has 136 valence electrons. The lowest BCUT2D eigenvalue weighted by atomic mass is 10.1. The van der Waals surface area contributed by atoms with E-state index in [1.54, 1.807) is 60.7 Å². The topological polar surface area (TPSA) is 110 Å². The third-order valence-electron chi connectivity index (χ3n) is 3.45.